The summed E-state index contributed by atoms with van der Waals surface area (Å²) < 4.78 is 37.2. The Balaban J connectivity index is 1.93. The first-order valence-electron chi connectivity index (χ1n) is 6.80. The van der Waals surface area contributed by atoms with E-state index in [9.17, 15) is 22.8 Å². The molecule has 0 radical (unpaired) electrons. The number of amides is 2. The Morgan fingerprint density at radius 1 is 1.45 bits per heavy atom. The van der Waals surface area contributed by atoms with Crippen LogP contribution in [-0.4, -0.2) is 40.0 Å². The van der Waals surface area contributed by atoms with Gasteiger partial charge in [0.15, 0.2) is 0 Å². The molecule has 0 bridgehead atoms. The zero-order valence-corrected chi connectivity index (χ0v) is 12.6. The molecule has 0 aliphatic carbocycles. The van der Waals surface area contributed by atoms with Crippen LogP contribution in [0.4, 0.5) is 18.3 Å². The number of nitrogens with one attached hydrogen (secondary N) is 1. The van der Waals surface area contributed by atoms with Gasteiger partial charge in [0.25, 0.3) is 0 Å². The molecule has 2 heterocycles. The lowest BCUT2D eigenvalue weighted by Crippen LogP contribution is -2.29. The molecular weight excluding hydrogens is 321 g/mol. The number of likely N-dealkylation sites (tertiary alicyclic amines) is 1. The summed E-state index contributed by atoms with van der Waals surface area (Å²) in [4.78, 5) is 25.4. The van der Waals surface area contributed by atoms with E-state index in [1.54, 1.807) is 4.90 Å². The summed E-state index contributed by atoms with van der Waals surface area (Å²) in [6, 6.07) is 0. The highest BCUT2D eigenvalue weighted by molar-refractivity contribution is 7.15. The zero-order chi connectivity index (χ0) is 16.3. The molecule has 1 aliphatic heterocycles. The van der Waals surface area contributed by atoms with Crippen molar-refractivity contribution in [1.29, 1.82) is 0 Å². The highest BCUT2D eigenvalue weighted by Crippen LogP contribution is 2.33. The van der Waals surface area contributed by atoms with Crippen LogP contribution in [0.25, 0.3) is 0 Å². The molecule has 1 saturated heterocycles. The monoisotopic (exact) mass is 336 g/mol. The van der Waals surface area contributed by atoms with Crippen molar-refractivity contribution in [1.82, 2.24) is 15.1 Å². The summed E-state index contributed by atoms with van der Waals surface area (Å²) >= 11 is 0.265. The van der Waals surface area contributed by atoms with Crippen molar-refractivity contribution in [3.05, 3.63) is 5.01 Å². The molecule has 1 unspecified atom stereocenters. The lowest BCUT2D eigenvalue weighted by molar-refractivity contribution is -0.138. The third-order valence-corrected chi connectivity index (χ3v) is 4.15. The fraction of sp³-hybridized carbons (Fsp3) is 0.667. The van der Waals surface area contributed by atoms with Gasteiger partial charge in [-0.1, -0.05) is 24.7 Å². The van der Waals surface area contributed by atoms with Gasteiger partial charge in [0, 0.05) is 19.5 Å². The van der Waals surface area contributed by atoms with Crippen molar-refractivity contribution in [3.8, 4) is 0 Å². The summed E-state index contributed by atoms with van der Waals surface area (Å²) in [5, 5.41) is 7.26. The van der Waals surface area contributed by atoms with Crippen molar-refractivity contribution < 1.29 is 22.8 Å². The van der Waals surface area contributed by atoms with Crippen LogP contribution in [0.2, 0.25) is 0 Å². The van der Waals surface area contributed by atoms with Crippen LogP contribution in [0, 0.1) is 5.92 Å². The van der Waals surface area contributed by atoms with Crippen LogP contribution in [0.1, 0.15) is 31.2 Å². The van der Waals surface area contributed by atoms with Gasteiger partial charge in [0.05, 0.1) is 5.92 Å². The van der Waals surface area contributed by atoms with Gasteiger partial charge < -0.3 is 10.2 Å². The Morgan fingerprint density at radius 3 is 2.77 bits per heavy atom. The average molecular weight is 336 g/mol. The fourth-order valence-electron chi connectivity index (χ4n) is 2.11. The van der Waals surface area contributed by atoms with E-state index in [4.69, 9.17) is 0 Å². The van der Waals surface area contributed by atoms with E-state index < -0.39 is 23.0 Å². The molecule has 6 nitrogen and oxygen atoms in total. The molecule has 1 aromatic heterocycles. The second-order valence-electron chi connectivity index (χ2n) is 4.99. The molecule has 10 heteroatoms. The number of halogens is 3. The number of alkyl halides is 3. The number of anilines is 1. The number of nitrogens with zero attached hydrogens (tertiary/aromatic N) is 3. The Kier molecular flexibility index (Phi) is 4.99. The van der Waals surface area contributed by atoms with Crippen LogP contribution in [0.5, 0.6) is 0 Å². The normalized spacial score (nSPS) is 18.8. The van der Waals surface area contributed by atoms with E-state index in [2.05, 4.69) is 15.5 Å². The standard InChI is InChI=1S/C12H15F3N4O2S/c1-2-3-4-19-6-7(5-8(19)20)9(21)16-11-18-17-10(22-11)12(13,14)15/h7H,2-6H2,1H3,(H,16,18,21). The number of hydrogen-bond acceptors (Lipinski definition) is 5. The topological polar surface area (TPSA) is 75.2 Å². The first-order valence-corrected chi connectivity index (χ1v) is 7.62. The maximum atomic E-state index is 12.4. The van der Waals surface area contributed by atoms with E-state index in [0.717, 1.165) is 12.8 Å². The smallest absolute Gasteiger partial charge is 0.342 e. The first-order chi connectivity index (χ1) is 10.3. The van der Waals surface area contributed by atoms with E-state index >= 15 is 0 Å². The summed E-state index contributed by atoms with van der Waals surface area (Å²) in [7, 11) is 0. The molecule has 1 fully saturated rings. The molecule has 2 rings (SSSR count). The molecule has 122 valence electrons. The van der Waals surface area contributed by atoms with Crippen LogP contribution in [0.3, 0.4) is 0 Å². The molecule has 1 aromatic rings. The molecule has 2 amide bonds. The summed E-state index contributed by atoms with van der Waals surface area (Å²) in [5.74, 6) is -1.18. The maximum absolute atomic E-state index is 12.4. The van der Waals surface area contributed by atoms with Gasteiger partial charge in [-0.3, -0.25) is 9.59 Å². The van der Waals surface area contributed by atoms with Crippen LogP contribution < -0.4 is 5.32 Å². The van der Waals surface area contributed by atoms with Crippen LogP contribution in [-0.2, 0) is 15.8 Å². The SMILES string of the molecule is CCCCN1CC(C(=O)Nc2nnc(C(F)(F)F)s2)CC1=O. The predicted octanol–water partition coefficient (Wildman–Crippen LogP) is 2.14. The molecule has 22 heavy (non-hydrogen) atoms. The van der Waals surface area contributed by atoms with Gasteiger partial charge in [-0.2, -0.15) is 13.2 Å². The van der Waals surface area contributed by atoms with Gasteiger partial charge in [-0.25, -0.2) is 0 Å². The Labute approximate surface area is 128 Å². The van der Waals surface area contributed by atoms with Gasteiger partial charge >= 0.3 is 6.18 Å². The van der Waals surface area contributed by atoms with Crippen molar-refractivity contribution >= 4 is 28.3 Å². The first kappa shape index (κ1) is 16.7. The van der Waals surface area contributed by atoms with Crippen molar-refractivity contribution in [2.45, 2.75) is 32.4 Å². The number of carbonyl (C=O) groups is 2. The lowest BCUT2D eigenvalue weighted by atomic mass is 10.1. The second kappa shape index (κ2) is 6.59. The highest BCUT2D eigenvalue weighted by Gasteiger charge is 2.37. The third kappa shape index (κ3) is 3.93. The number of hydrogen-bond donors (Lipinski definition) is 1. The number of aromatic nitrogens is 2. The summed E-state index contributed by atoms with van der Waals surface area (Å²) in [6.07, 6.45) is -2.72. The minimum atomic E-state index is -4.58. The Bertz CT molecular complexity index is 561. The van der Waals surface area contributed by atoms with E-state index in [0.29, 0.717) is 6.54 Å². The quantitative estimate of drug-likeness (QED) is 0.894. The lowest BCUT2D eigenvalue weighted by Gasteiger charge is -2.15. The van der Waals surface area contributed by atoms with Gasteiger partial charge in [0.2, 0.25) is 22.0 Å². The molecule has 1 atom stereocenters. The maximum Gasteiger partial charge on any atom is 0.445 e. The summed E-state index contributed by atoms with van der Waals surface area (Å²) in [6.45, 7) is 2.88. The fourth-order valence-corrected chi connectivity index (χ4v) is 2.72. The summed E-state index contributed by atoms with van der Waals surface area (Å²) in [5.41, 5.74) is 0. The Morgan fingerprint density at radius 2 is 2.18 bits per heavy atom. The molecule has 1 aliphatic rings. The van der Waals surface area contributed by atoms with Gasteiger partial charge in [-0.05, 0) is 6.42 Å². The van der Waals surface area contributed by atoms with E-state index in [1.807, 2.05) is 6.92 Å². The molecule has 0 aromatic carbocycles. The predicted molar refractivity (Wildman–Crippen MR) is 73.1 cm³/mol. The average Bonchev–Trinajstić information content (AvgIpc) is 3.03. The Hall–Kier alpha value is -1.71. The highest BCUT2D eigenvalue weighted by atomic mass is 32.1. The van der Waals surface area contributed by atoms with E-state index in [-0.39, 0.29) is 35.3 Å². The zero-order valence-electron chi connectivity index (χ0n) is 11.8. The van der Waals surface area contributed by atoms with Crippen molar-refractivity contribution in [3.63, 3.8) is 0 Å². The third-order valence-electron chi connectivity index (χ3n) is 3.26. The number of rotatable bonds is 5. The van der Waals surface area contributed by atoms with Gasteiger partial charge in [-0.15, -0.1) is 10.2 Å². The molecule has 0 saturated carbocycles. The van der Waals surface area contributed by atoms with E-state index in [1.165, 1.54) is 0 Å². The van der Waals surface area contributed by atoms with Crippen LogP contribution >= 0.6 is 11.3 Å². The van der Waals surface area contributed by atoms with Crippen LogP contribution in [0.15, 0.2) is 0 Å². The largest absolute Gasteiger partial charge is 0.445 e. The minimum absolute atomic E-state index is 0.0699. The molecule has 0 spiro atoms. The minimum Gasteiger partial charge on any atom is -0.342 e. The van der Waals surface area contributed by atoms with Gasteiger partial charge in [0.1, 0.15) is 0 Å². The molecule has 1 N–H and O–H groups in total. The van der Waals surface area contributed by atoms with Crippen molar-refractivity contribution in [2.24, 2.45) is 5.92 Å². The van der Waals surface area contributed by atoms with Crippen molar-refractivity contribution in [2.75, 3.05) is 18.4 Å². The number of unbranched alkanes of at least 4 members (excludes halogenated alkanes) is 1. The second-order valence-corrected chi connectivity index (χ2v) is 5.97. The molecular formula is C12H15F3N4O2S. The number of carbonyl (C=O) groups excluding carboxylic acids is 2.